The second-order valence-corrected chi connectivity index (χ2v) is 5.45. The monoisotopic (exact) mass is 349 g/mol. The minimum atomic E-state index is -0.449. The van der Waals surface area contributed by atoms with Gasteiger partial charge in [0, 0.05) is 6.92 Å². The molecule has 2 heterocycles. The maximum atomic E-state index is 12.2. The molecule has 130 valence electrons. The SMILES string of the molecule is CC(=O)Oc1ccc(C=c2[nH]c(=O)c(=Cc3ccccc3)[nH]c2=O)nc1. The molecule has 0 atom stereocenters. The van der Waals surface area contributed by atoms with Gasteiger partial charge in [-0.25, -0.2) is 0 Å². The molecule has 3 rings (SSSR count). The number of benzene rings is 1. The highest BCUT2D eigenvalue weighted by Crippen LogP contribution is 2.09. The van der Waals surface area contributed by atoms with E-state index in [1.54, 1.807) is 18.2 Å². The number of carbonyl (C=O) groups is 1. The summed E-state index contributed by atoms with van der Waals surface area (Å²) in [4.78, 5) is 44.5. The van der Waals surface area contributed by atoms with E-state index in [1.807, 2.05) is 30.3 Å². The molecule has 7 heteroatoms. The molecule has 3 aromatic rings. The number of nitrogens with one attached hydrogen (secondary N) is 2. The van der Waals surface area contributed by atoms with Gasteiger partial charge in [0.25, 0.3) is 11.1 Å². The second-order valence-electron chi connectivity index (χ2n) is 5.45. The molecule has 0 saturated heterocycles. The number of hydrogen-bond acceptors (Lipinski definition) is 5. The van der Waals surface area contributed by atoms with Crippen molar-refractivity contribution in [3.63, 3.8) is 0 Å². The zero-order chi connectivity index (χ0) is 18.5. The van der Waals surface area contributed by atoms with Crippen LogP contribution >= 0.6 is 0 Å². The number of hydrogen-bond donors (Lipinski definition) is 2. The van der Waals surface area contributed by atoms with Crippen LogP contribution in [0.4, 0.5) is 0 Å². The highest BCUT2D eigenvalue weighted by atomic mass is 16.5. The number of aromatic amines is 2. The Labute approximate surface area is 147 Å². The molecule has 0 saturated carbocycles. The lowest BCUT2D eigenvalue weighted by atomic mass is 10.2. The zero-order valence-electron chi connectivity index (χ0n) is 13.9. The third-order valence-corrected chi connectivity index (χ3v) is 3.41. The first-order valence-corrected chi connectivity index (χ1v) is 7.77. The molecule has 7 nitrogen and oxygen atoms in total. The molecule has 0 aliphatic heterocycles. The third-order valence-electron chi connectivity index (χ3n) is 3.41. The van der Waals surface area contributed by atoms with Crippen molar-refractivity contribution in [1.82, 2.24) is 15.0 Å². The van der Waals surface area contributed by atoms with Gasteiger partial charge in [-0.1, -0.05) is 30.3 Å². The summed E-state index contributed by atoms with van der Waals surface area (Å²) in [6, 6.07) is 12.3. The third kappa shape index (κ3) is 4.21. The van der Waals surface area contributed by atoms with Gasteiger partial charge in [0.15, 0.2) is 0 Å². The lowest BCUT2D eigenvalue weighted by molar-refractivity contribution is -0.131. The van der Waals surface area contributed by atoms with Crippen molar-refractivity contribution in [2.24, 2.45) is 0 Å². The molecule has 0 spiro atoms. The Kier molecular flexibility index (Phi) is 4.89. The summed E-state index contributed by atoms with van der Waals surface area (Å²) in [6.45, 7) is 1.29. The molecule has 0 aliphatic rings. The summed E-state index contributed by atoms with van der Waals surface area (Å²) in [7, 11) is 0. The average Bonchev–Trinajstić information content (AvgIpc) is 2.61. The minimum absolute atomic E-state index is 0.0768. The molecule has 0 fully saturated rings. The summed E-state index contributed by atoms with van der Waals surface area (Å²) in [6.07, 6.45) is 4.39. The van der Waals surface area contributed by atoms with E-state index in [9.17, 15) is 14.4 Å². The van der Waals surface area contributed by atoms with Crippen LogP contribution in [0.5, 0.6) is 5.75 Å². The predicted octanol–water partition coefficient (Wildman–Crippen LogP) is 0.0411. The molecule has 0 aliphatic carbocycles. The standard InChI is InChI=1S/C19H15N3O4/c1-12(23)26-15-8-7-14(20-11-15)10-17-19(25)21-16(18(24)22-17)9-13-5-3-2-4-6-13/h2-11H,1H3,(H,21,25)(H,22,24). The smallest absolute Gasteiger partial charge is 0.308 e. The first-order chi connectivity index (χ1) is 12.5. The van der Waals surface area contributed by atoms with Gasteiger partial charge < -0.3 is 14.7 Å². The van der Waals surface area contributed by atoms with Gasteiger partial charge in [-0.3, -0.25) is 19.4 Å². The Hall–Kier alpha value is -3.74. The maximum absolute atomic E-state index is 12.2. The van der Waals surface area contributed by atoms with Crippen molar-refractivity contribution in [2.45, 2.75) is 6.92 Å². The molecule has 1 aromatic carbocycles. The molecular formula is C19H15N3O4. The summed E-state index contributed by atoms with van der Waals surface area (Å²) in [5, 5.41) is 0.240. The molecule has 0 amide bonds. The highest BCUT2D eigenvalue weighted by Gasteiger charge is 2.00. The number of H-pyrrole nitrogens is 2. The molecular weight excluding hydrogens is 334 g/mol. The molecule has 0 bridgehead atoms. The van der Waals surface area contributed by atoms with Gasteiger partial charge in [-0.05, 0) is 29.8 Å². The van der Waals surface area contributed by atoms with Gasteiger partial charge in [0.05, 0.1) is 11.9 Å². The lowest BCUT2D eigenvalue weighted by Crippen LogP contribution is -2.46. The molecule has 0 radical (unpaired) electrons. The van der Waals surface area contributed by atoms with Gasteiger partial charge >= 0.3 is 5.97 Å². The fourth-order valence-corrected chi connectivity index (χ4v) is 2.26. The summed E-state index contributed by atoms with van der Waals surface area (Å²) in [5.41, 5.74) is 0.365. The van der Waals surface area contributed by atoms with E-state index in [-0.39, 0.29) is 10.7 Å². The van der Waals surface area contributed by atoms with E-state index in [1.165, 1.54) is 19.2 Å². The lowest BCUT2D eigenvalue weighted by Gasteiger charge is -2.00. The van der Waals surface area contributed by atoms with E-state index in [2.05, 4.69) is 15.0 Å². The van der Waals surface area contributed by atoms with Gasteiger partial charge in [-0.15, -0.1) is 0 Å². The van der Waals surface area contributed by atoms with Crippen LogP contribution in [-0.4, -0.2) is 20.9 Å². The number of carbonyl (C=O) groups excluding carboxylic acids is 1. The fraction of sp³-hybridized carbons (Fsp3) is 0.0526. The topological polar surface area (TPSA) is 105 Å². The molecule has 0 unspecified atom stereocenters. The van der Waals surface area contributed by atoms with Crippen LogP contribution in [0.2, 0.25) is 0 Å². The Morgan fingerprint density at radius 1 is 0.962 bits per heavy atom. The number of rotatable bonds is 3. The quantitative estimate of drug-likeness (QED) is 0.650. The minimum Gasteiger partial charge on any atom is -0.425 e. The van der Waals surface area contributed by atoms with Crippen LogP contribution < -0.4 is 26.6 Å². The van der Waals surface area contributed by atoms with Crippen LogP contribution in [0.15, 0.2) is 58.3 Å². The van der Waals surface area contributed by atoms with Crippen molar-refractivity contribution in [3.8, 4) is 5.75 Å². The number of esters is 1. The fourth-order valence-electron chi connectivity index (χ4n) is 2.26. The van der Waals surface area contributed by atoms with Crippen molar-refractivity contribution in [3.05, 3.63) is 91.3 Å². The maximum Gasteiger partial charge on any atom is 0.308 e. The zero-order valence-corrected chi connectivity index (χ0v) is 13.9. The van der Waals surface area contributed by atoms with Crippen LogP contribution in [0.1, 0.15) is 18.2 Å². The number of pyridine rings is 1. The van der Waals surface area contributed by atoms with Crippen molar-refractivity contribution in [2.75, 3.05) is 0 Å². The van der Waals surface area contributed by atoms with Crippen molar-refractivity contribution in [1.29, 1.82) is 0 Å². The number of aromatic nitrogens is 3. The van der Waals surface area contributed by atoms with E-state index in [0.717, 1.165) is 5.56 Å². The van der Waals surface area contributed by atoms with Crippen LogP contribution in [0, 0.1) is 0 Å². The van der Waals surface area contributed by atoms with Crippen molar-refractivity contribution >= 4 is 18.1 Å². The molecule has 2 aromatic heterocycles. The largest absolute Gasteiger partial charge is 0.425 e. The van der Waals surface area contributed by atoms with Gasteiger partial charge in [0.2, 0.25) is 0 Å². The van der Waals surface area contributed by atoms with E-state index >= 15 is 0 Å². The Bertz CT molecular complexity index is 1160. The predicted molar refractivity (Wildman–Crippen MR) is 96.1 cm³/mol. The first kappa shape index (κ1) is 17.1. The summed E-state index contributed by atoms with van der Waals surface area (Å²) in [5.74, 6) is -0.153. The van der Waals surface area contributed by atoms with Gasteiger partial charge in [0.1, 0.15) is 16.4 Å². The number of ether oxygens (including phenoxy) is 1. The summed E-state index contributed by atoms with van der Waals surface area (Å²) < 4.78 is 4.89. The molecule has 26 heavy (non-hydrogen) atoms. The molecule has 2 N–H and O–H groups in total. The van der Waals surface area contributed by atoms with Crippen molar-refractivity contribution < 1.29 is 9.53 Å². The van der Waals surface area contributed by atoms with Gasteiger partial charge in [-0.2, -0.15) is 0 Å². The second kappa shape index (κ2) is 7.43. The van der Waals surface area contributed by atoms with Crippen LogP contribution in [0.3, 0.4) is 0 Å². The van der Waals surface area contributed by atoms with Crippen LogP contribution in [-0.2, 0) is 4.79 Å². The summed E-state index contributed by atoms with van der Waals surface area (Å²) >= 11 is 0. The van der Waals surface area contributed by atoms with E-state index in [0.29, 0.717) is 11.4 Å². The Balaban J connectivity index is 1.99. The van der Waals surface area contributed by atoms with E-state index < -0.39 is 17.1 Å². The Morgan fingerprint density at radius 2 is 1.62 bits per heavy atom. The Morgan fingerprint density at radius 3 is 2.19 bits per heavy atom. The normalized spacial score (nSPS) is 12.2. The number of nitrogens with zero attached hydrogens (tertiary/aromatic N) is 1. The average molecular weight is 349 g/mol. The van der Waals surface area contributed by atoms with E-state index in [4.69, 9.17) is 4.74 Å². The highest BCUT2D eigenvalue weighted by molar-refractivity contribution is 5.69. The first-order valence-electron chi connectivity index (χ1n) is 7.77. The van der Waals surface area contributed by atoms with Crippen LogP contribution in [0.25, 0.3) is 12.2 Å².